The van der Waals surface area contributed by atoms with Gasteiger partial charge in [0, 0.05) is 0 Å². The molecular weight excluding hydrogens is 369 g/mol. The second kappa shape index (κ2) is 6.17. The van der Waals surface area contributed by atoms with Crippen molar-refractivity contribution in [1.29, 1.82) is 0 Å². The van der Waals surface area contributed by atoms with Crippen molar-refractivity contribution in [2.45, 2.75) is 24.5 Å². The number of nitrogens with zero attached hydrogens (tertiary/aromatic N) is 4. The zero-order valence-corrected chi connectivity index (χ0v) is 13.4. The first-order chi connectivity index (χ1) is 11.2. The van der Waals surface area contributed by atoms with Crippen LogP contribution < -0.4 is 5.73 Å². The van der Waals surface area contributed by atoms with Gasteiger partial charge in [-0.2, -0.15) is 0 Å². The maximum Gasteiger partial charge on any atom is 0.469 e. The minimum Gasteiger partial charge on any atom is -0.387 e. The summed E-state index contributed by atoms with van der Waals surface area (Å²) in [4.78, 5) is 29.2. The molecule has 0 radical (unpaired) electrons. The summed E-state index contributed by atoms with van der Waals surface area (Å²) < 4.78 is 21.7. The van der Waals surface area contributed by atoms with E-state index in [1.807, 2.05) is 0 Å². The van der Waals surface area contributed by atoms with Crippen molar-refractivity contribution in [2.75, 3.05) is 12.3 Å². The lowest BCUT2D eigenvalue weighted by atomic mass is 10.1. The summed E-state index contributed by atoms with van der Waals surface area (Å²) in [6.45, 7) is -0.639. The van der Waals surface area contributed by atoms with Crippen LogP contribution in [-0.2, 0) is 13.8 Å². The molecule has 1 aliphatic rings. The fourth-order valence-electron chi connectivity index (χ4n) is 2.38. The molecule has 3 heterocycles. The molecule has 3 rings (SSSR count). The summed E-state index contributed by atoms with van der Waals surface area (Å²) in [5, 5.41) is 20.1. The van der Waals surface area contributed by atoms with Crippen LogP contribution in [0.15, 0.2) is 6.33 Å². The van der Waals surface area contributed by atoms with Gasteiger partial charge in [0.15, 0.2) is 23.2 Å². The van der Waals surface area contributed by atoms with Crippen LogP contribution in [-0.4, -0.2) is 64.4 Å². The molecule has 14 heteroatoms. The summed E-state index contributed by atoms with van der Waals surface area (Å²) in [6.07, 6.45) is -4.20. The van der Waals surface area contributed by atoms with E-state index in [9.17, 15) is 14.8 Å². The molecule has 4 atom stereocenters. The number of ether oxygens (including phenoxy) is 1. The van der Waals surface area contributed by atoms with E-state index in [2.05, 4.69) is 19.5 Å². The molecule has 2 aromatic rings. The van der Waals surface area contributed by atoms with Crippen molar-refractivity contribution in [3.05, 3.63) is 11.6 Å². The van der Waals surface area contributed by atoms with Gasteiger partial charge in [0.25, 0.3) is 0 Å². The molecule has 1 fully saturated rings. The number of imidazole rings is 1. The Morgan fingerprint density at radius 3 is 2.75 bits per heavy atom. The molecule has 1 aliphatic heterocycles. The third-order valence-electron chi connectivity index (χ3n) is 3.46. The van der Waals surface area contributed by atoms with E-state index >= 15 is 0 Å². The van der Waals surface area contributed by atoms with Crippen LogP contribution in [0.5, 0.6) is 0 Å². The van der Waals surface area contributed by atoms with Crippen LogP contribution in [0.25, 0.3) is 11.2 Å². The first-order valence-corrected chi connectivity index (χ1v) is 8.45. The van der Waals surface area contributed by atoms with Crippen molar-refractivity contribution < 1.29 is 33.8 Å². The average Bonchev–Trinajstić information content (AvgIpc) is 2.96. The predicted octanol–water partition coefficient (Wildman–Crippen LogP) is -1.21. The van der Waals surface area contributed by atoms with Crippen LogP contribution in [0.2, 0.25) is 5.28 Å². The van der Waals surface area contributed by atoms with Crippen molar-refractivity contribution in [2.24, 2.45) is 0 Å². The fraction of sp³-hybridized carbons (Fsp3) is 0.500. The number of aliphatic hydroxyl groups excluding tert-OH is 2. The number of phosphoric ester groups is 1. The Morgan fingerprint density at radius 1 is 1.38 bits per heavy atom. The van der Waals surface area contributed by atoms with E-state index < -0.39 is 39.0 Å². The second-order valence-corrected chi connectivity index (χ2v) is 6.59. The average molecular weight is 382 g/mol. The van der Waals surface area contributed by atoms with Gasteiger partial charge in [0.2, 0.25) is 5.28 Å². The molecule has 0 bridgehead atoms. The van der Waals surface area contributed by atoms with Gasteiger partial charge in [-0.25, -0.2) is 19.5 Å². The minimum absolute atomic E-state index is 0.0649. The van der Waals surface area contributed by atoms with Crippen LogP contribution in [0.4, 0.5) is 5.82 Å². The molecular formula is C10H13ClN5O7P. The third-order valence-corrected chi connectivity index (χ3v) is 4.21. The second-order valence-electron chi connectivity index (χ2n) is 5.01. The lowest BCUT2D eigenvalue weighted by Crippen LogP contribution is -2.33. The molecule has 0 saturated carbocycles. The van der Waals surface area contributed by atoms with E-state index in [0.717, 1.165) is 6.33 Å². The highest BCUT2D eigenvalue weighted by Gasteiger charge is 2.46. The first kappa shape index (κ1) is 17.5. The zero-order chi connectivity index (χ0) is 17.6. The number of halogens is 1. The van der Waals surface area contributed by atoms with Crippen LogP contribution in [0, 0.1) is 0 Å². The van der Waals surface area contributed by atoms with E-state index in [1.165, 1.54) is 4.57 Å². The van der Waals surface area contributed by atoms with Crippen molar-refractivity contribution in [1.82, 2.24) is 19.5 Å². The van der Waals surface area contributed by atoms with Gasteiger partial charge in [-0.3, -0.25) is 9.09 Å². The van der Waals surface area contributed by atoms with Gasteiger partial charge < -0.3 is 30.5 Å². The Bertz CT molecular complexity index is 812. The number of fused-ring (bicyclic) bond motifs is 1. The summed E-state index contributed by atoms with van der Waals surface area (Å²) in [7, 11) is -4.75. The highest BCUT2D eigenvalue weighted by Crippen LogP contribution is 2.39. The number of nitrogen functional groups attached to an aromatic ring is 1. The molecule has 0 aliphatic carbocycles. The molecule has 12 nitrogen and oxygen atoms in total. The molecule has 6 N–H and O–H groups in total. The maximum atomic E-state index is 10.8. The number of anilines is 1. The van der Waals surface area contributed by atoms with Crippen molar-refractivity contribution in [3.8, 4) is 0 Å². The number of hydrogen-bond donors (Lipinski definition) is 5. The number of rotatable bonds is 4. The molecule has 132 valence electrons. The minimum atomic E-state index is -4.75. The van der Waals surface area contributed by atoms with E-state index in [-0.39, 0.29) is 22.3 Å². The number of aliphatic hydroxyl groups is 2. The number of nitrogens with two attached hydrogens (primary N) is 1. The SMILES string of the molecule is Nc1ncnc2c1nc(Cl)n2[C@@H]1O[C@H](COP(=O)(O)O)C(O)C1O. The maximum absolute atomic E-state index is 10.8. The topological polar surface area (TPSA) is 186 Å². The predicted molar refractivity (Wildman–Crippen MR) is 78.7 cm³/mol. The van der Waals surface area contributed by atoms with Gasteiger partial charge in [-0.05, 0) is 11.6 Å². The van der Waals surface area contributed by atoms with E-state index in [0.29, 0.717) is 0 Å². The van der Waals surface area contributed by atoms with Crippen LogP contribution in [0.3, 0.4) is 0 Å². The van der Waals surface area contributed by atoms with E-state index in [1.54, 1.807) is 0 Å². The van der Waals surface area contributed by atoms with Crippen molar-refractivity contribution in [3.63, 3.8) is 0 Å². The number of phosphoric acid groups is 1. The van der Waals surface area contributed by atoms with Gasteiger partial charge in [-0.1, -0.05) is 0 Å². The summed E-state index contributed by atoms with van der Waals surface area (Å²) in [6, 6.07) is 0. The Morgan fingerprint density at radius 2 is 2.08 bits per heavy atom. The summed E-state index contributed by atoms with van der Waals surface area (Å²) >= 11 is 6.03. The molecule has 1 saturated heterocycles. The number of aromatic nitrogens is 4. The lowest BCUT2D eigenvalue weighted by molar-refractivity contribution is -0.0502. The Labute approximate surface area is 139 Å². The van der Waals surface area contributed by atoms with Gasteiger partial charge >= 0.3 is 7.82 Å². The Hall–Kier alpha value is -1.37. The molecule has 0 amide bonds. The summed E-state index contributed by atoms with van der Waals surface area (Å²) in [5.41, 5.74) is 6.03. The van der Waals surface area contributed by atoms with Gasteiger partial charge in [0.1, 0.15) is 24.6 Å². The normalized spacial score (nSPS) is 27.9. The molecule has 24 heavy (non-hydrogen) atoms. The molecule has 0 spiro atoms. The quantitative estimate of drug-likeness (QED) is 0.316. The van der Waals surface area contributed by atoms with E-state index in [4.69, 9.17) is 31.9 Å². The first-order valence-electron chi connectivity index (χ1n) is 6.54. The fourth-order valence-corrected chi connectivity index (χ4v) is 2.98. The third kappa shape index (κ3) is 3.10. The van der Waals surface area contributed by atoms with Gasteiger partial charge in [0.05, 0.1) is 6.61 Å². The van der Waals surface area contributed by atoms with Crippen molar-refractivity contribution >= 4 is 36.4 Å². The monoisotopic (exact) mass is 381 g/mol. The molecule has 2 aromatic heterocycles. The molecule has 0 aromatic carbocycles. The number of hydrogen-bond acceptors (Lipinski definition) is 9. The smallest absolute Gasteiger partial charge is 0.387 e. The van der Waals surface area contributed by atoms with Crippen LogP contribution >= 0.6 is 19.4 Å². The summed E-state index contributed by atoms with van der Waals surface area (Å²) in [5.74, 6) is 0.0649. The lowest BCUT2D eigenvalue weighted by Gasteiger charge is -2.17. The highest BCUT2D eigenvalue weighted by molar-refractivity contribution is 7.46. The van der Waals surface area contributed by atoms with Crippen LogP contribution in [0.1, 0.15) is 6.23 Å². The largest absolute Gasteiger partial charge is 0.469 e. The molecule has 2 unspecified atom stereocenters. The van der Waals surface area contributed by atoms with Gasteiger partial charge in [-0.15, -0.1) is 0 Å². The Kier molecular flexibility index (Phi) is 4.49. The zero-order valence-electron chi connectivity index (χ0n) is 11.8. The Balaban J connectivity index is 1.92. The highest BCUT2D eigenvalue weighted by atomic mass is 35.5. The standard InChI is InChI=1S/C10H13ClN5O7P/c11-10-15-4-7(12)13-2-14-8(4)16(10)9-6(18)5(17)3(23-9)1-22-24(19,20)21/h2-3,5-6,9,17-18H,1H2,(H2,12,13,14)(H2,19,20,21)/t3-,5?,6?,9-/m1/s1.